The molecule has 130 valence electrons. The predicted octanol–water partition coefficient (Wildman–Crippen LogP) is 2.95. The maximum atomic E-state index is 12.2. The molecule has 2 aromatic rings. The summed E-state index contributed by atoms with van der Waals surface area (Å²) < 4.78 is 5.47. The Morgan fingerprint density at radius 2 is 2.00 bits per heavy atom. The molecule has 0 atom stereocenters. The van der Waals surface area contributed by atoms with Gasteiger partial charge in [0.1, 0.15) is 6.26 Å². The highest BCUT2D eigenvalue weighted by Crippen LogP contribution is 2.19. The molecular weight excluding hydrogens is 306 g/mol. The van der Waals surface area contributed by atoms with Gasteiger partial charge in [-0.1, -0.05) is 17.7 Å². The molecule has 2 amide bonds. The van der Waals surface area contributed by atoms with Crippen LogP contribution in [0.3, 0.4) is 0 Å². The van der Waals surface area contributed by atoms with Gasteiger partial charge in [0.05, 0.1) is 24.4 Å². The molecule has 0 unspecified atom stereocenters. The van der Waals surface area contributed by atoms with Crippen LogP contribution in [0.4, 0.5) is 4.79 Å². The SMILES string of the molecule is CCN(CC(C)(C)O)C(=O)NCc1coc(-c2ccc(C)cc2)n1. The molecule has 24 heavy (non-hydrogen) atoms. The molecule has 1 heterocycles. The van der Waals surface area contributed by atoms with Gasteiger partial charge in [-0.2, -0.15) is 0 Å². The number of aromatic nitrogens is 1. The van der Waals surface area contributed by atoms with Crippen molar-refractivity contribution in [2.75, 3.05) is 13.1 Å². The zero-order valence-corrected chi connectivity index (χ0v) is 14.7. The van der Waals surface area contributed by atoms with Crippen molar-refractivity contribution < 1.29 is 14.3 Å². The molecule has 0 radical (unpaired) electrons. The maximum Gasteiger partial charge on any atom is 0.317 e. The lowest BCUT2D eigenvalue weighted by Crippen LogP contribution is -2.46. The van der Waals surface area contributed by atoms with Crippen molar-refractivity contribution in [3.05, 3.63) is 41.8 Å². The Balaban J connectivity index is 1.95. The summed E-state index contributed by atoms with van der Waals surface area (Å²) in [6.45, 7) is 8.30. The minimum Gasteiger partial charge on any atom is -0.444 e. The van der Waals surface area contributed by atoms with Gasteiger partial charge in [-0.3, -0.25) is 0 Å². The molecule has 2 N–H and O–H groups in total. The minimum atomic E-state index is -0.931. The number of nitrogens with one attached hydrogen (secondary N) is 1. The maximum absolute atomic E-state index is 12.2. The molecule has 0 saturated carbocycles. The van der Waals surface area contributed by atoms with E-state index < -0.39 is 5.60 Å². The zero-order valence-electron chi connectivity index (χ0n) is 14.7. The normalized spacial score (nSPS) is 11.4. The van der Waals surface area contributed by atoms with E-state index in [0.29, 0.717) is 18.1 Å². The quantitative estimate of drug-likeness (QED) is 0.853. The molecule has 0 aliphatic rings. The highest BCUT2D eigenvalue weighted by atomic mass is 16.3. The van der Waals surface area contributed by atoms with Gasteiger partial charge in [-0.05, 0) is 39.8 Å². The average Bonchev–Trinajstić information content (AvgIpc) is 2.99. The van der Waals surface area contributed by atoms with Crippen molar-refractivity contribution in [1.29, 1.82) is 0 Å². The summed E-state index contributed by atoms with van der Waals surface area (Å²) in [7, 11) is 0. The van der Waals surface area contributed by atoms with Gasteiger partial charge in [0, 0.05) is 12.1 Å². The van der Waals surface area contributed by atoms with E-state index in [9.17, 15) is 9.90 Å². The van der Waals surface area contributed by atoms with E-state index in [4.69, 9.17) is 4.42 Å². The highest BCUT2D eigenvalue weighted by Gasteiger charge is 2.21. The Bertz CT molecular complexity index is 672. The number of carbonyl (C=O) groups is 1. The first-order chi connectivity index (χ1) is 11.3. The van der Waals surface area contributed by atoms with Gasteiger partial charge >= 0.3 is 6.03 Å². The Morgan fingerprint density at radius 1 is 1.33 bits per heavy atom. The van der Waals surface area contributed by atoms with Crippen LogP contribution in [0, 0.1) is 6.92 Å². The van der Waals surface area contributed by atoms with Gasteiger partial charge in [-0.25, -0.2) is 9.78 Å². The standard InChI is InChI=1S/C18H25N3O3/c1-5-21(12-18(3,4)23)17(22)19-10-15-11-24-16(20-15)14-8-6-13(2)7-9-14/h6-9,11,23H,5,10,12H2,1-4H3,(H,19,22). The van der Waals surface area contributed by atoms with Crippen LogP contribution >= 0.6 is 0 Å². The van der Waals surface area contributed by atoms with Crippen molar-refractivity contribution in [3.63, 3.8) is 0 Å². The highest BCUT2D eigenvalue weighted by molar-refractivity contribution is 5.74. The number of rotatable bonds is 6. The first-order valence-electron chi connectivity index (χ1n) is 8.05. The Morgan fingerprint density at radius 3 is 2.58 bits per heavy atom. The Labute approximate surface area is 142 Å². The van der Waals surface area contributed by atoms with Crippen LogP contribution in [0.1, 0.15) is 32.0 Å². The van der Waals surface area contributed by atoms with Crippen LogP contribution in [0.2, 0.25) is 0 Å². The number of likely N-dealkylation sites (N-methyl/N-ethyl adjacent to an activating group) is 1. The number of oxazole rings is 1. The van der Waals surface area contributed by atoms with E-state index in [1.165, 1.54) is 5.56 Å². The van der Waals surface area contributed by atoms with Gasteiger partial charge in [0.25, 0.3) is 0 Å². The molecule has 0 aliphatic carbocycles. The van der Waals surface area contributed by atoms with Gasteiger partial charge in [0.2, 0.25) is 5.89 Å². The fourth-order valence-corrected chi connectivity index (χ4v) is 2.29. The first-order valence-corrected chi connectivity index (χ1v) is 8.05. The van der Waals surface area contributed by atoms with Crippen molar-refractivity contribution in [2.45, 2.75) is 39.8 Å². The van der Waals surface area contributed by atoms with Gasteiger partial charge < -0.3 is 19.7 Å². The lowest BCUT2D eigenvalue weighted by molar-refractivity contribution is 0.0479. The summed E-state index contributed by atoms with van der Waals surface area (Å²) in [5, 5.41) is 12.7. The number of aliphatic hydroxyl groups is 1. The van der Waals surface area contributed by atoms with Crippen LogP contribution in [-0.4, -0.2) is 39.7 Å². The molecular formula is C18H25N3O3. The topological polar surface area (TPSA) is 78.6 Å². The monoisotopic (exact) mass is 331 g/mol. The largest absolute Gasteiger partial charge is 0.444 e. The fourth-order valence-electron chi connectivity index (χ4n) is 2.29. The summed E-state index contributed by atoms with van der Waals surface area (Å²) in [5.74, 6) is 0.531. The van der Waals surface area contributed by atoms with E-state index >= 15 is 0 Å². The van der Waals surface area contributed by atoms with Crippen LogP contribution in [0.5, 0.6) is 0 Å². The average molecular weight is 331 g/mol. The number of carbonyl (C=O) groups excluding carboxylic acids is 1. The van der Waals surface area contributed by atoms with E-state index in [0.717, 1.165) is 5.56 Å². The van der Waals surface area contributed by atoms with Crippen LogP contribution < -0.4 is 5.32 Å². The van der Waals surface area contributed by atoms with Crippen molar-refractivity contribution in [2.24, 2.45) is 0 Å². The number of nitrogens with zero attached hydrogens (tertiary/aromatic N) is 2. The zero-order chi connectivity index (χ0) is 17.7. The molecule has 1 aromatic carbocycles. The second-order valence-electron chi connectivity index (χ2n) is 6.50. The Kier molecular flexibility index (Phi) is 5.62. The Hall–Kier alpha value is -2.34. The predicted molar refractivity (Wildman–Crippen MR) is 92.5 cm³/mol. The van der Waals surface area contributed by atoms with Crippen molar-refractivity contribution in [1.82, 2.24) is 15.2 Å². The first kappa shape index (κ1) is 18.0. The number of urea groups is 1. The number of amides is 2. The van der Waals surface area contributed by atoms with Crippen LogP contribution in [0.25, 0.3) is 11.5 Å². The van der Waals surface area contributed by atoms with Crippen LogP contribution in [-0.2, 0) is 6.54 Å². The number of benzene rings is 1. The second-order valence-corrected chi connectivity index (χ2v) is 6.50. The number of aryl methyl sites for hydroxylation is 1. The number of hydrogen-bond donors (Lipinski definition) is 2. The molecule has 0 bridgehead atoms. The summed E-state index contributed by atoms with van der Waals surface area (Å²) in [4.78, 5) is 18.1. The second kappa shape index (κ2) is 7.49. The summed E-state index contributed by atoms with van der Waals surface area (Å²) >= 11 is 0. The lowest BCUT2D eigenvalue weighted by Gasteiger charge is -2.28. The third-order valence-corrected chi connectivity index (χ3v) is 3.52. The third-order valence-electron chi connectivity index (χ3n) is 3.52. The van der Waals surface area contributed by atoms with Gasteiger partial charge in [0.15, 0.2) is 0 Å². The van der Waals surface area contributed by atoms with Gasteiger partial charge in [-0.15, -0.1) is 0 Å². The van der Waals surface area contributed by atoms with E-state index in [1.807, 2.05) is 38.1 Å². The molecule has 0 saturated heterocycles. The molecule has 6 heteroatoms. The van der Waals surface area contributed by atoms with E-state index in [-0.39, 0.29) is 19.1 Å². The van der Waals surface area contributed by atoms with Crippen molar-refractivity contribution in [3.8, 4) is 11.5 Å². The third kappa shape index (κ3) is 5.09. The summed E-state index contributed by atoms with van der Waals surface area (Å²) in [5.41, 5.74) is 1.79. The molecule has 0 fully saturated rings. The van der Waals surface area contributed by atoms with E-state index in [1.54, 1.807) is 25.0 Å². The summed E-state index contributed by atoms with van der Waals surface area (Å²) in [6.07, 6.45) is 1.54. The molecule has 0 spiro atoms. The minimum absolute atomic E-state index is 0.237. The van der Waals surface area contributed by atoms with Crippen LogP contribution in [0.15, 0.2) is 34.9 Å². The summed E-state index contributed by atoms with van der Waals surface area (Å²) in [6, 6.07) is 7.66. The molecule has 6 nitrogen and oxygen atoms in total. The number of hydrogen-bond acceptors (Lipinski definition) is 4. The molecule has 0 aliphatic heterocycles. The van der Waals surface area contributed by atoms with E-state index in [2.05, 4.69) is 10.3 Å². The lowest BCUT2D eigenvalue weighted by atomic mass is 10.1. The smallest absolute Gasteiger partial charge is 0.317 e. The molecule has 1 aromatic heterocycles. The van der Waals surface area contributed by atoms with Crippen molar-refractivity contribution >= 4 is 6.03 Å². The molecule has 2 rings (SSSR count). The fraction of sp³-hybridized carbons (Fsp3) is 0.444.